The average molecular weight is 308 g/mol. The lowest BCUT2D eigenvalue weighted by Crippen LogP contribution is -2.14. The summed E-state index contributed by atoms with van der Waals surface area (Å²) < 4.78 is 8.11. The number of aromatic nitrogens is 4. The Kier molecular flexibility index (Phi) is 5.20. The van der Waals surface area contributed by atoms with Gasteiger partial charge in [0, 0.05) is 19.6 Å². The van der Waals surface area contributed by atoms with E-state index in [-0.39, 0.29) is 24.6 Å². The van der Waals surface area contributed by atoms with E-state index >= 15 is 0 Å². The van der Waals surface area contributed by atoms with Crippen LogP contribution in [0, 0.1) is 10.1 Å². The first-order valence-corrected chi connectivity index (χ1v) is 6.65. The number of hydrogen-bond donors (Lipinski definition) is 1. The molecule has 0 fully saturated rings. The van der Waals surface area contributed by atoms with E-state index in [0.29, 0.717) is 19.0 Å². The van der Waals surface area contributed by atoms with Crippen molar-refractivity contribution in [3.05, 3.63) is 34.9 Å². The summed E-state index contributed by atoms with van der Waals surface area (Å²) in [5.74, 6) is -0.228. The van der Waals surface area contributed by atoms with Gasteiger partial charge in [0.2, 0.25) is 5.91 Å². The number of rotatable bonds is 8. The highest BCUT2D eigenvalue weighted by atomic mass is 16.6. The van der Waals surface area contributed by atoms with Crippen molar-refractivity contribution in [3.63, 3.8) is 0 Å². The van der Waals surface area contributed by atoms with Crippen LogP contribution < -0.4 is 5.32 Å². The fourth-order valence-corrected chi connectivity index (χ4v) is 1.69. The van der Waals surface area contributed by atoms with Crippen LogP contribution in [0.2, 0.25) is 0 Å². The number of amides is 1. The summed E-state index contributed by atoms with van der Waals surface area (Å²) in [5.41, 5.74) is 0.466. The van der Waals surface area contributed by atoms with E-state index in [4.69, 9.17) is 4.74 Å². The number of ether oxygens (including phenoxy) is 1. The van der Waals surface area contributed by atoms with Gasteiger partial charge >= 0.3 is 5.69 Å². The maximum Gasteiger partial charge on any atom is 0.306 e. The minimum atomic E-state index is -0.531. The Balaban J connectivity index is 1.79. The fourth-order valence-electron chi connectivity index (χ4n) is 1.69. The molecule has 0 spiro atoms. The average Bonchev–Trinajstić information content (AvgIpc) is 3.12. The predicted octanol–water partition coefficient (Wildman–Crippen LogP) is 1.01. The molecule has 2 aromatic rings. The predicted molar refractivity (Wildman–Crippen MR) is 76.0 cm³/mol. The summed E-state index contributed by atoms with van der Waals surface area (Å²) >= 11 is 0. The highest BCUT2D eigenvalue weighted by Gasteiger charge is 2.10. The van der Waals surface area contributed by atoms with Crippen molar-refractivity contribution < 1.29 is 14.5 Å². The molecule has 118 valence electrons. The lowest BCUT2D eigenvalue weighted by atomic mass is 10.4. The molecule has 22 heavy (non-hydrogen) atoms. The zero-order valence-electron chi connectivity index (χ0n) is 12.0. The van der Waals surface area contributed by atoms with E-state index < -0.39 is 4.92 Å². The molecule has 1 N–H and O–H groups in total. The first kappa shape index (κ1) is 15.6. The molecule has 0 bridgehead atoms. The van der Waals surface area contributed by atoms with Gasteiger partial charge in [-0.15, -0.1) is 0 Å². The molecule has 2 rings (SSSR count). The van der Waals surface area contributed by atoms with E-state index in [9.17, 15) is 14.9 Å². The van der Waals surface area contributed by atoms with Crippen LogP contribution in [0.25, 0.3) is 0 Å². The van der Waals surface area contributed by atoms with Crippen LogP contribution in [0.3, 0.4) is 0 Å². The number of hydrogen-bond acceptors (Lipinski definition) is 6. The molecule has 0 unspecified atom stereocenters. The molecule has 0 atom stereocenters. The van der Waals surface area contributed by atoms with Crippen LogP contribution >= 0.6 is 0 Å². The summed E-state index contributed by atoms with van der Waals surface area (Å²) in [6.07, 6.45) is 5.76. The number of nitro groups is 1. The molecule has 2 heterocycles. The van der Waals surface area contributed by atoms with E-state index in [1.165, 1.54) is 17.1 Å². The standard InChI is InChI=1S/C12H16N6O4/c1-2-22-9-17-7-10(5-13-17)15-12(19)3-4-16-8-11(6-14-16)18(20)21/h5-8H,2-4,9H2,1H3,(H,15,19). The number of carbonyl (C=O) groups is 1. The van der Waals surface area contributed by atoms with Crippen molar-refractivity contribution >= 4 is 17.3 Å². The lowest BCUT2D eigenvalue weighted by molar-refractivity contribution is -0.385. The Morgan fingerprint density at radius 2 is 2.14 bits per heavy atom. The highest BCUT2D eigenvalue weighted by Crippen LogP contribution is 2.09. The molecule has 0 radical (unpaired) electrons. The van der Waals surface area contributed by atoms with Gasteiger partial charge in [0.1, 0.15) is 19.1 Å². The molecule has 0 saturated heterocycles. The summed E-state index contributed by atoms with van der Waals surface area (Å²) in [4.78, 5) is 21.8. The number of nitrogens with zero attached hydrogens (tertiary/aromatic N) is 5. The molecule has 0 saturated carbocycles. The Morgan fingerprint density at radius 3 is 2.82 bits per heavy atom. The number of anilines is 1. The lowest BCUT2D eigenvalue weighted by Gasteiger charge is -2.03. The van der Waals surface area contributed by atoms with Crippen molar-refractivity contribution in [2.24, 2.45) is 0 Å². The van der Waals surface area contributed by atoms with Gasteiger partial charge in [-0.2, -0.15) is 10.2 Å². The maximum atomic E-state index is 11.8. The van der Waals surface area contributed by atoms with Crippen LogP contribution in [0.15, 0.2) is 24.8 Å². The van der Waals surface area contributed by atoms with Gasteiger partial charge in [-0.1, -0.05) is 0 Å². The smallest absolute Gasteiger partial charge is 0.306 e. The molecule has 0 aliphatic rings. The zero-order chi connectivity index (χ0) is 15.9. The van der Waals surface area contributed by atoms with Gasteiger partial charge in [0.15, 0.2) is 0 Å². The molecular weight excluding hydrogens is 292 g/mol. The molecule has 0 aliphatic carbocycles. The number of nitrogens with one attached hydrogen (secondary N) is 1. The van der Waals surface area contributed by atoms with E-state index in [1.54, 1.807) is 10.9 Å². The van der Waals surface area contributed by atoms with E-state index in [0.717, 1.165) is 6.20 Å². The van der Waals surface area contributed by atoms with Crippen molar-refractivity contribution in [2.45, 2.75) is 26.6 Å². The second-order valence-corrected chi connectivity index (χ2v) is 4.41. The first-order valence-electron chi connectivity index (χ1n) is 6.65. The SMILES string of the molecule is CCOCn1cc(NC(=O)CCn2cc([N+](=O)[O-])cn2)cn1. The molecule has 1 amide bonds. The summed E-state index contributed by atoms with van der Waals surface area (Å²) in [7, 11) is 0. The van der Waals surface area contributed by atoms with Crippen LogP contribution in [0.5, 0.6) is 0 Å². The molecule has 0 aliphatic heterocycles. The zero-order valence-corrected chi connectivity index (χ0v) is 12.0. The van der Waals surface area contributed by atoms with Crippen molar-refractivity contribution in [3.8, 4) is 0 Å². The van der Waals surface area contributed by atoms with Crippen LogP contribution in [0.1, 0.15) is 13.3 Å². The second kappa shape index (κ2) is 7.31. The minimum absolute atomic E-state index is 0.0994. The van der Waals surface area contributed by atoms with Gasteiger partial charge in [0.05, 0.1) is 23.0 Å². The Bertz CT molecular complexity index is 650. The van der Waals surface area contributed by atoms with Gasteiger partial charge in [-0.25, -0.2) is 4.68 Å². The second-order valence-electron chi connectivity index (χ2n) is 4.41. The molecule has 2 aromatic heterocycles. The minimum Gasteiger partial charge on any atom is -0.360 e. The largest absolute Gasteiger partial charge is 0.360 e. The Hall–Kier alpha value is -2.75. The highest BCUT2D eigenvalue weighted by molar-refractivity contribution is 5.90. The summed E-state index contributed by atoms with van der Waals surface area (Å²) in [6.45, 7) is 3.04. The Morgan fingerprint density at radius 1 is 1.36 bits per heavy atom. The van der Waals surface area contributed by atoms with E-state index in [1.807, 2.05) is 6.92 Å². The summed E-state index contributed by atoms with van der Waals surface area (Å²) in [6, 6.07) is 0. The molecule has 0 aromatic carbocycles. The van der Waals surface area contributed by atoms with Crippen molar-refractivity contribution in [1.29, 1.82) is 0 Å². The quantitative estimate of drug-likeness (QED) is 0.574. The van der Waals surface area contributed by atoms with Crippen LogP contribution in [-0.4, -0.2) is 37.0 Å². The molecule has 10 nitrogen and oxygen atoms in total. The topological polar surface area (TPSA) is 117 Å². The van der Waals surface area contributed by atoms with Gasteiger partial charge in [-0.3, -0.25) is 19.6 Å². The molecular formula is C12H16N6O4. The van der Waals surface area contributed by atoms with Gasteiger partial charge in [-0.05, 0) is 6.92 Å². The third-order valence-corrected chi connectivity index (χ3v) is 2.74. The van der Waals surface area contributed by atoms with Crippen LogP contribution in [0.4, 0.5) is 11.4 Å². The van der Waals surface area contributed by atoms with Gasteiger partial charge < -0.3 is 10.1 Å². The van der Waals surface area contributed by atoms with Crippen molar-refractivity contribution in [2.75, 3.05) is 11.9 Å². The van der Waals surface area contributed by atoms with E-state index in [2.05, 4.69) is 15.5 Å². The van der Waals surface area contributed by atoms with Gasteiger partial charge in [0.25, 0.3) is 0 Å². The third-order valence-electron chi connectivity index (χ3n) is 2.74. The fraction of sp³-hybridized carbons (Fsp3) is 0.417. The van der Waals surface area contributed by atoms with Crippen molar-refractivity contribution in [1.82, 2.24) is 19.6 Å². The monoisotopic (exact) mass is 308 g/mol. The normalized spacial score (nSPS) is 10.6. The molecule has 10 heteroatoms. The Labute approximate surface area is 125 Å². The number of aryl methyl sites for hydroxylation is 1. The number of carbonyl (C=O) groups excluding carboxylic acids is 1. The first-order chi connectivity index (χ1) is 10.6. The maximum absolute atomic E-state index is 11.8. The van der Waals surface area contributed by atoms with Crippen LogP contribution in [-0.2, 0) is 22.8 Å². The third kappa shape index (κ3) is 4.38. The summed E-state index contributed by atoms with van der Waals surface area (Å²) in [5, 5.41) is 21.1.